The number of nitrogens with zero attached hydrogens (tertiary/aromatic N) is 1. The van der Waals surface area contributed by atoms with Gasteiger partial charge in [0.1, 0.15) is 0 Å². The third-order valence-corrected chi connectivity index (χ3v) is 4.02. The van der Waals surface area contributed by atoms with Crippen LogP contribution in [0.2, 0.25) is 0 Å². The minimum absolute atomic E-state index is 0.199. The highest BCUT2D eigenvalue weighted by Gasteiger charge is 2.49. The molecule has 1 aliphatic rings. The van der Waals surface area contributed by atoms with E-state index in [0.29, 0.717) is 12.0 Å². The van der Waals surface area contributed by atoms with E-state index in [0.717, 1.165) is 24.2 Å². The van der Waals surface area contributed by atoms with Gasteiger partial charge in [-0.25, -0.2) is 0 Å². The van der Waals surface area contributed by atoms with Crippen molar-refractivity contribution < 1.29 is 9.90 Å². The number of unbranched alkanes of at least 4 members (excludes halogenated alkanes) is 1. The average molecular weight is 281 g/mol. The Hall–Kier alpha value is -2.13. The van der Waals surface area contributed by atoms with Crippen molar-refractivity contribution in [2.24, 2.45) is 0 Å². The molecule has 2 aromatic carbocycles. The molecule has 0 saturated carbocycles. The Kier molecular flexibility index (Phi) is 3.52. The molecule has 3 nitrogen and oxygen atoms in total. The van der Waals surface area contributed by atoms with Crippen molar-refractivity contribution in [1.82, 2.24) is 0 Å². The normalized spacial score (nSPS) is 20.7. The van der Waals surface area contributed by atoms with Crippen molar-refractivity contribution in [3.63, 3.8) is 0 Å². The van der Waals surface area contributed by atoms with Gasteiger partial charge in [0.05, 0.1) is 5.69 Å². The second-order valence-electron chi connectivity index (χ2n) is 5.44. The number of fused-ring (bicyclic) bond motifs is 1. The predicted octanol–water partition coefficient (Wildman–Crippen LogP) is 3.90. The van der Waals surface area contributed by atoms with Gasteiger partial charge >= 0.3 is 0 Å². The molecule has 0 fully saturated rings. The van der Waals surface area contributed by atoms with Crippen LogP contribution in [-0.4, -0.2) is 16.6 Å². The number of aliphatic hydroxyl groups is 1. The molecule has 0 bridgehead atoms. The van der Waals surface area contributed by atoms with Crippen molar-refractivity contribution >= 4 is 17.2 Å². The Morgan fingerprint density at radius 3 is 2.43 bits per heavy atom. The molecule has 3 heteroatoms. The largest absolute Gasteiger partial charge is 0.364 e. The number of benzene rings is 2. The molecule has 0 aromatic heterocycles. The zero-order chi connectivity index (χ0) is 14.9. The van der Waals surface area contributed by atoms with Crippen LogP contribution in [0, 0.1) is 0 Å². The molecule has 2 aromatic rings. The number of carbonyl (C=O) groups is 1. The lowest BCUT2D eigenvalue weighted by Crippen LogP contribution is -2.48. The molecule has 1 aliphatic heterocycles. The molecule has 0 spiro atoms. The van der Waals surface area contributed by atoms with Crippen molar-refractivity contribution in [3.8, 4) is 0 Å². The van der Waals surface area contributed by atoms with Gasteiger partial charge in [-0.3, -0.25) is 4.79 Å². The summed E-state index contributed by atoms with van der Waals surface area (Å²) in [5.74, 6) is -0.199. The number of hydrogen-bond acceptors (Lipinski definition) is 3. The van der Waals surface area contributed by atoms with E-state index in [2.05, 4.69) is 6.92 Å². The molecule has 1 atom stereocenters. The van der Waals surface area contributed by atoms with Gasteiger partial charge < -0.3 is 10.0 Å². The van der Waals surface area contributed by atoms with Crippen molar-refractivity contribution in [2.75, 3.05) is 4.90 Å². The number of ketones is 1. The Morgan fingerprint density at radius 2 is 1.71 bits per heavy atom. The van der Waals surface area contributed by atoms with Gasteiger partial charge in [-0.05, 0) is 30.7 Å². The fourth-order valence-corrected chi connectivity index (χ4v) is 2.96. The summed E-state index contributed by atoms with van der Waals surface area (Å²) in [6.07, 6.45) is 2.18. The number of anilines is 2. The van der Waals surface area contributed by atoms with E-state index in [1.54, 1.807) is 11.0 Å². The molecular weight excluding hydrogens is 262 g/mol. The van der Waals surface area contributed by atoms with Gasteiger partial charge in [0.15, 0.2) is 0 Å². The smallest absolute Gasteiger partial charge is 0.217 e. The minimum Gasteiger partial charge on any atom is -0.364 e. The Bertz CT molecular complexity index is 653. The van der Waals surface area contributed by atoms with E-state index in [1.165, 1.54) is 0 Å². The number of para-hydroxylation sites is 2. The summed E-state index contributed by atoms with van der Waals surface area (Å²) < 4.78 is 0. The first-order valence-corrected chi connectivity index (χ1v) is 7.40. The van der Waals surface area contributed by atoms with E-state index in [-0.39, 0.29) is 5.78 Å². The molecule has 1 heterocycles. The zero-order valence-electron chi connectivity index (χ0n) is 12.1. The monoisotopic (exact) mass is 281 g/mol. The Labute approximate surface area is 124 Å². The zero-order valence-corrected chi connectivity index (χ0v) is 12.1. The summed E-state index contributed by atoms with van der Waals surface area (Å²) in [5.41, 5.74) is 0.753. The Morgan fingerprint density at radius 1 is 1.05 bits per heavy atom. The highest BCUT2D eigenvalue weighted by molar-refractivity contribution is 6.14. The molecule has 0 amide bonds. The molecule has 108 valence electrons. The van der Waals surface area contributed by atoms with E-state index >= 15 is 0 Å². The van der Waals surface area contributed by atoms with Crippen LogP contribution < -0.4 is 4.90 Å². The summed E-state index contributed by atoms with van der Waals surface area (Å²) in [5, 5.41) is 11.1. The summed E-state index contributed by atoms with van der Waals surface area (Å²) in [6, 6.07) is 17.0. The maximum absolute atomic E-state index is 12.7. The van der Waals surface area contributed by atoms with Crippen LogP contribution in [0.4, 0.5) is 11.4 Å². The van der Waals surface area contributed by atoms with E-state index in [1.807, 2.05) is 48.5 Å². The highest BCUT2D eigenvalue weighted by atomic mass is 16.3. The third kappa shape index (κ3) is 2.14. The van der Waals surface area contributed by atoms with Gasteiger partial charge in [-0.15, -0.1) is 0 Å². The van der Waals surface area contributed by atoms with Gasteiger partial charge in [-0.2, -0.15) is 0 Å². The first-order chi connectivity index (χ1) is 10.2. The fraction of sp³-hybridized carbons (Fsp3) is 0.278. The molecule has 0 radical (unpaired) electrons. The van der Waals surface area contributed by atoms with Crippen LogP contribution in [0.15, 0.2) is 54.6 Å². The summed E-state index contributed by atoms with van der Waals surface area (Å²) in [4.78, 5) is 14.5. The second-order valence-corrected chi connectivity index (χ2v) is 5.44. The lowest BCUT2D eigenvalue weighted by atomic mass is 9.99. The van der Waals surface area contributed by atoms with Crippen LogP contribution in [0.5, 0.6) is 0 Å². The minimum atomic E-state index is -1.47. The van der Waals surface area contributed by atoms with Crippen LogP contribution in [-0.2, 0) is 0 Å². The fourth-order valence-electron chi connectivity index (χ4n) is 2.96. The molecule has 0 saturated heterocycles. The molecule has 0 aliphatic carbocycles. The van der Waals surface area contributed by atoms with E-state index < -0.39 is 5.72 Å². The van der Waals surface area contributed by atoms with Crippen LogP contribution in [0.1, 0.15) is 36.5 Å². The Balaban J connectivity index is 2.14. The maximum atomic E-state index is 12.7. The lowest BCUT2D eigenvalue weighted by molar-refractivity contribution is 0.0341. The molecule has 21 heavy (non-hydrogen) atoms. The lowest BCUT2D eigenvalue weighted by Gasteiger charge is -2.34. The quantitative estimate of drug-likeness (QED) is 0.924. The van der Waals surface area contributed by atoms with Gasteiger partial charge in [-0.1, -0.05) is 43.7 Å². The number of carbonyl (C=O) groups excluding carboxylic acids is 1. The summed E-state index contributed by atoms with van der Waals surface area (Å²) in [6.45, 7) is 2.06. The van der Waals surface area contributed by atoms with Crippen molar-refractivity contribution in [3.05, 3.63) is 60.2 Å². The van der Waals surface area contributed by atoms with Crippen molar-refractivity contribution in [2.45, 2.75) is 31.9 Å². The number of rotatable bonds is 4. The van der Waals surface area contributed by atoms with Crippen molar-refractivity contribution in [1.29, 1.82) is 0 Å². The standard InChI is InChI=1S/C18H19NO2/c1-2-3-13-18(21)17(20)15-11-7-8-12-16(15)19(18)14-9-5-4-6-10-14/h4-12,21H,2-3,13H2,1H3. The van der Waals surface area contributed by atoms with Gasteiger partial charge in [0.2, 0.25) is 11.5 Å². The van der Waals surface area contributed by atoms with E-state index in [9.17, 15) is 9.90 Å². The maximum Gasteiger partial charge on any atom is 0.217 e. The average Bonchev–Trinajstić information content (AvgIpc) is 2.75. The molecular formula is C18H19NO2. The molecule has 1 N–H and O–H groups in total. The SMILES string of the molecule is CCCCC1(O)C(=O)c2ccccc2N1c1ccccc1. The molecule has 1 unspecified atom stereocenters. The first-order valence-electron chi connectivity index (χ1n) is 7.40. The number of Topliss-reactive ketones (excluding diaryl/α,β-unsaturated/α-hetero) is 1. The van der Waals surface area contributed by atoms with E-state index in [4.69, 9.17) is 0 Å². The van der Waals surface area contributed by atoms with Crippen LogP contribution in [0.25, 0.3) is 0 Å². The van der Waals surface area contributed by atoms with Gasteiger partial charge in [0, 0.05) is 17.7 Å². The molecule has 3 rings (SSSR count). The van der Waals surface area contributed by atoms with Gasteiger partial charge in [0.25, 0.3) is 0 Å². The highest BCUT2D eigenvalue weighted by Crippen LogP contribution is 2.44. The first kappa shape index (κ1) is 13.8. The second kappa shape index (κ2) is 5.34. The third-order valence-electron chi connectivity index (χ3n) is 4.02. The van der Waals surface area contributed by atoms with Crippen LogP contribution in [0.3, 0.4) is 0 Å². The summed E-state index contributed by atoms with van der Waals surface area (Å²) in [7, 11) is 0. The number of hydrogen-bond donors (Lipinski definition) is 1. The summed E-state index contributed by atoms with van der Waals surface area (Å²) >= 11 is 0. The predicted molar refractivity (Wildman–Crippen MR) is 83.8 cm³/mol. The van der Waals surface area contributed by atoms with Crippen LogP contribution >= 0.6 is 0 Å². The topological polar surface area (TPSA) is 40.5 Å².